The van der Waals surface area contributed by atoms with E-state index in [4.69, 9.17) is 33.4 Å². The van der Waals surface area contributed by atoms with E-state index < -0.39 is 30.1 Å². The van der Waals surface area contributed by atoms with E-state index >= 15 is 0 Å². The summed E-state index contributed by atoms with van der Waals surface area (Å²) >= 11 is 13.0. The molecule has 0 saturated heterocycles. The van der Waals surface area contributed by atoms with Crippen molar-refractivity contribution >= 4 is 57.7 Å². The first-order valence-corrected chi connectivity index (χ1v) is 12.9. The quantitative estimate of drug-likeness (QED) is 0.483. The largest absolute Gasteiger partial charge is 0.435 e. The SMILES string of the molecule is N=C1CCC(NC(=O)c2sc(C3=NOC(c4cc(Cl)cc(Cl)c4)(C(F)(F)F)C3)c3c2CCC3)C(=O)C1. The lowest BCUT2D eigenvalue weighted by Gasteiger charge is -2.29. The zero-order valence-corrected chi connectivity index (χ0v) is 21.1. The van der Waals surface area contributed by atoms with E-state index in [0.717, 1.165) is 41.0 Å². The van der Waals surface area contributed by atoms with Gasteiger partial charge in [-0.05, 0) is 61.4 Å². The number of hydrogen-bond donors (Lipinski definition) is 2. The molecule has 6 nitrogen and oxygen atoms in total. The van der Waals surface area contributed by atoms with Gasteiger partial charge in [-0.2, -0.15) is 13.2 Å². The topological polar surface area (TPSA) is 91.6 Å². The van der Waals surface area contributed by atoms with Gasteiger partial charge in [0, 0.05) is 27.7 Å². The predicted octanol–water partition coefficient (Wildman–Crippen LogP) is 6.00. The fourth-order valence-corrected chi connectivity index (χ4v) is 6.78. The van der Waals surface area contributed by atoms with Crippen molar-refractivity contribution in [3.63, 3.8) is 0 Å². The monoisotopic (exact) mass is 557 g/mol. The number of hydrogen-bond acceptors (Lipinski definition) is 6. The number of alkyl halides is 3. The van der Waals surface area contributed by atoms with Crippen LogP contribution in [0.2, 0.25) is 10.0 Å². The highest BCUT2D eigenvalue weighted by Crippen LogP contribution is 2.51. The molecule has 1 aliphatic heterocycles. The molecule has 1 amide bonds. The van der Waals surface area contributed by atoms with Crippen LogP contribution < -0.4 is 5.32 Å². The fraction of sp³-hybridized carbons (Fsp3) is 0.417. The second kappa shape index (κ2) is 9.15. The van der Waals surface area contributed by atoms with Crippen LogP contribution in [0.25, 0.3) is 0 Å². The van der Waals surface area contributed by atoms with Crippen molar-refractivity contribution < 1.29 is 27.6 Å². The Bertz CT molecular complexity index is 1300. The normalized spacial score (nSPS) is 23.9. The first-order valence-electron chi connectivity index (χ1n) is 11.3. The Hall–Kier alpha value is -2.43. The van der Waals surface area contributed by atoms with E-state index in [-0.39, 0.29) is 33.5 Å². The van der Waals surface area contributed by atoms with Gasteiger partial charge in [0.25, 0.3) is 11.5 Å². The molecule has 36 heavy (non-hydrogen) atoms. The molecule has 1 aromatic heterocycles. The van der Waals surface area contributed by atoms with Crippen molar-refractivity contribution in [3.05, 3.63) is 54.7 Å². The van der Waals surface area contributed by atoms with Gasteiger partial charge >= 0.3 is 6.18 Å². The van der Waals surface area contributed by atoms with E-state index in [2.05, 4.69) is 10.5 Å². The third kappa shape index (κ3) is 4.33. The van der Waals surface area contributed by atoms with E-state index in [1.807, 2.05) is 0 Å². The number of carbonyl (C=O) groups excluding carboxylic acids is 2. The number of fused-ring (bicyclic) bond motifs is 1. The van der Waals surface area contributed by atoms with Crippen molar-refractivity contribution in [2.75, 3.05) is 0 Å². The average molecular weight is 558 g/mol. The van der Waals surface area contributed by atoms with Gasteiger partial charge in [0.1, 0.15) is 5.71 Å². The second-order valence-corrected chi connectivity index (χ2v) is 11.1. The van der Waals surface area contributed by atoms with Gasteiger partial charge in [-0.3, -0.25) is 9.59 Å². The van der Waals surface area contributed by atoms with Crippen molar-refractivity contribution in [3.8, 4) is 0 Å². The maximum atomic E-state index is 14.4. The number of nitrogens with one attached hydrogen (secondary N) is 2. The minimum Gasteiger partial charge on any atom is -0.374 e. The van der Waals surface area contributed by atoms with Crippen LogP contribution in [-0.4, -0.2) is 35.3 Å². The van der Waals surface area contributed by atoms with Gasteiger partial charge < -0.3 is 15.6 Å². The lowest BCUT2D eigenvalue weighted by Crippen LogP contribution is -2.44. The third-order valence-corrected chi connectivity index (χ3v) is 8.53. The van der Waals surface area contributed by atoms with Gasteiger partial charge in [0.05, 0.1) is 22.2 Å². The summed E-state index contributed by atoms with van der Waals surface area (Å²) in [5.74, 6) is -0.642. The number of carbonyl (C=O) groups is 2. The van der Waals surface area contributed by atoms with Gasteiger partial charge in [-0.25, -0.2) is 0 Å². The molecule has 0 spiro atoms. The number of Topliss-reactive ketones (excluding diaryl/α,β-unsaturated/α-hetero) is 1. The van der Waals surface area contributed by atoms with Crippen LogP contribution in [0.1, 0.15) is 63.3 Å². The molecule has 2 aromatic rings. The number of oxime groups is 1. The molecule has 2 unspecified atom stereocenters. The second-order valence-electron chi connectivity index (χ2n) is 9.17. The first kappa shape index (κ1) is 25.2. The van der Waals surface area contributed by atoms with Crippen molar-refractivity contribution in [2.45, 2.75) is 62.8 Å². The molecule has 5 rings (SSSR count). The van der Waals surface area contributed by atoms with Crippen LogP contribution in [0.5, 0.6) is 0 Å². The Morgan fingerprint density at radius 3 is 2.53 bits per heavy atom. The molecule has 0 bridgehead atoms. The summed E-state index contributed by atoms with van der Waals surface area (Å²) in [5.41, 5.74) is -0.981. The molecule has 12 heteroatoms. The lowest BCUT2D eigenvalue weighted by atomic mass is 9.87. The Balaban J connectivity index is 1.46. The number of halogens is 5. The van der Waals surface area contributed by atoms with E-state index in [0.29, 0.717) is 41.1 Å². The third-order valence-electron chi connectivity index (χ3n) is 6.77. The summed E-state index contributed by atoms with van der Waals surface area (Å²) in [5, 5.41) is 14.4. The molecule has 190 valence electrons. The summed E-state index contributed by atoms with van der Waals surface area (Å²) in [6.45, 7) is 0. The summed E-state index contributed by atoms with van der Waals surface area (Å²) in [7, 11) is 0. The summed E-state index contributed by atoms with van der Waals surface area (Å²) in [4.78, 5) is 31.4. The molecule has 0 radical (unpaired) electrons. The first-order chi connectivity index (χ1) is 17.0. The van der Waals surface area contributed by atoms with Crippen LogP contribution in [-0.2, 0) is 28.1 Å². The van der Waals surface area contributed by atoms with E-state index in [9.17, 15) is 22.8 Å². The lowest BCUT2D eigenvalue weighted by molar-refractivity contribution is -0.275. The molecule has 1 saturated carbocycles. The van der Waals surface area contributed by atoms with Crippen LogP contribution in [0.3, 0.4) is 0 Å². The zero-order valence-electron chi connectivity index (χ0n) is 18.7. The maximum Gasteiger partial charge on any atom is 0.435 e. The number of amides is 1. The van der Waals surface area contributed by atoms with Gasteiger partial charge in [0.2, 0.25) is 0 Å². The van der Waals surface area contributed by atoms with Crippen molar-refractivity contribution in [2.24, 2.45) is 5.16 Å². The number of benzene rings is 1. The number of ketones is 1. The van der Waals surface area contributed by atoms with Gasteiger partial charge in [-0.1, -0.05) is 28.4 Å². The smallest absolute Gasteiger partial charge is 0.374 e. The van der Waals surface area contributed by atoms with Gasteiger partial charge in [-0.15, -0.1) is 11.3 Å². The highest BCUT2D eigenvalue weighted by molar-refractivity contribution is 7.16. The van der Waals surface area contributed by atoms with Crippen molar-refractivity contribution in [1.82, 2.24) is 5.32 Å². The van der Waals surface area contributed by atoms with Crippen LogP contribution in [0.4, 0.5) is 13.2 Å². The fourth-order valence-electron chi connectivity index (χ4n) is 4.98. The van der Waals surface area contributed by atoms with Crippen LogP contribution in [0, 0.1) is 5.41 Å². The standard InChI is InChI=1S/C24H20Cl2F3N3O3S/c25-12-6-11(7-13(26)8-12)23(24(27,28)29)10-18(32-35-23)20-15-2-1-3-16(15)21(36-20)22(34)31-17-5-4-14(30)9-19(17)33/h6-8,17,30H,1-5,9-10H2,(H,31,34). The Morgan fingerprint density at radius 1 is 1.17 bits per heavy atom. The highest BCUT2D eigenvalue weighted by atomic mass is 35.5. The molecule has 2 atom stereocenters. The molecule has 2 N–H and O–H groups in total. The molecule has 1 aromatic carbocycles. The van der Waals surface area contributed by atoms with Crippen molar-refractivity contribution in [1.29, 1.82) is 5.41 Å². The Kier molecular flexibility index (Phi) is 6.41. The number of rotatable bonds is 4. The predicted molar refractivity (Wildman–Crippen MR) is 131 cm³/mol. The number of thiophene rings is 1. The summed E-state index contributed by atoms with van der Waals surface area (Å²) in [6.07, 6.45) is -2.62. The molecule has 1 fully saturated rings. The van der Waals surface area contributed by atoms with E-state index in [1.165, 1.54) is 6.07 Å². The molecule has 3 aliphatic rings. The maximum absolute atomic E-state index is 14.4. The molecule has 2 heterocycles. The summed E-state index contributed by atoms with van der Waals surface area (Å²) < 4.78 is 43.2. The summed E-state index contributed by atoms with van der Waals surface area (Å²) in [6, 6.07) is 2.99. The minimum absolute atomic E-state index is 0.0138. The van der Waals surface area contributed by atoms with Crippen LogP contribution >= 0.6 is 34.5 Å². The minimum atomic E-state index is -4.82. The molecular weight excluding hydrogens is 538 g/mol. The number of nitrogens with zero attached hydrogens (tertiary/aromatic N) is 1. The highest BCUT2D eigenvalue weighted by Gasteiger charge is 2.62. The zero-order chi connectivity index (χ0) is 25.8. The Labute approximate surface area is 218 Å². The molecular formula is C24H20Cl2F3N3O3S. The Morgan fingerprint density at radius 2 is 1.86 bits per heavy atom. The van der Waals surface area contributed by atoms with E-state index in [1.54, 1.807) is 0 Å². The van der Waals surface area contributed by atoms with Gasteiger partial charge in [0.15, 0.2) is 5.78 Å². The molecule has 2 aliphatic carbocycles. The average Bonchev–Trinajstić information content (AvgIpc) is 3.49. The van der Waals surface area contributed by atoms with Crippen LogP contribution in [0.15, 0.2) is 23.4 Å².